The molecule has 152 valence electrons. The highest BCUT2D eigenvalue weighted by Crippen LogP contribution is 2.39. The monoisotopic (exact) mass is 407 g/mol. The Labute approximate surface area is 176 Å². The topological polar surface area (TPSA) is 53.9 Å². The summed E-state index contributed by atoms with van der Waals surface area (Å²) >= 11 is 1.87. The van der Waals surface area contributed by atoms with Crippen molar-refractivity contribution < 1.29 is 0 Å². The summed E-state index contributed by atoms with van der Waals surface area (Å²) in [7, 11) is 2.27. The maximum atomic E-state index is 4.63. The van der Waals surface area contributed by atoms with Gasteiger partial charge in [0.2, 0.25) is 0 Å². The van der Waals surface area contributed by atoms with Crippen LogP contribution >= 0.6 is 11.3 Å². The van der Waals surface area contributed by atoms with Crippen LogP contribution in [0.4, 0.5) is 5.82 Å². The first-order valence-corrected chi connectivity index (χ1v) is 11.7. The van der Waals surface area contributed by atoms with Crippen molar-refractivity contribution in [1.82, 2.24) is 19.9 Å². The fourth-order valence-electron chi connectivity index (χ4n) is 4.91. The van der Waals surface area contributed by atoms with E-state index in [1.54, 1.807) is 6.33 Å². The van der Waals surface area contributed by atoms with Crippen molar-refractivity contribution >= 4 is 27.4 Å². The van der Waals surface area contributed by atoms with E-state index in [0.29, 0.717) is 12.1 Å². The number of thiophene rings is 1. The Morgan fingerprint density at radius 1 is 1.10 bits per heavy atom. The van der Waals surface area contributed by atoms with E-state index in [1.165, 1.54) is 66.5 Å². The molecule has 0 unspecified atom stereocenters. The molecule has 1 fully saturated rings. The van der Waals surface area contributed by atoms with Crippen LogP contribution < -0.4 is 5.32 Å². The molecule has 1 N–H and O–H groups in total. The first-order chi connectivity index (χ1) is 14.3. The number of nitrogens with one attached hydrogen (secondary N) is 1. The van der Waals surface area contributed by atoms with E-state index >= 15 is 0 Å². The second-order valence-electron chi connectivity index (χ2n) is 8.46. The molecule has 6 heteroatoms. The van der Waals surface area contributed by atoms with Crippen molar-refractivity contribution in [2.45, 2.75) is 63.5 Å². The Hall–Kier alpha value is -2.05. The Morgan fingerprint density at radius 3 is 2.83 bits per heavy atom. The van der Waals surface area contributed by atoms with Crippen molar-refractivity contribution in [2.75, 3.05) is 18.9 Å². The average Bonchev–Trinajstić information content (AvgIpc) is 3.35. The Bertz CT molecular complexity index is 962. The van der Waals surface area contributed by atoms with Crippen molar-refractivity contribution in [1.29, 1.82) is 0 Å². The summed E-state index contributed by atoms with van der Waals surface area (Å²) in [4.78, 5) is 18.8. The molecule has 5 nitrogen and oxygen atoms in total. The second kappa shape index (κ2) is 8.36. The highest BCUT2D eigenvalue weighted by Gasteiger charge is 2.26. The smallest absolute Gasteiger partial charge is 0.138 e. The van der Waals surface area contributed by atoms with Gasteiger partial charge < -0.3 is 10.2 Å². The van der Waals surface area contributed by atoms with E-state index < -0.39 is 0 Å². The molecule has 0 amide bonds. The van der Waals surface area contributed by atoms with Gasteiger partial charge in [-0.25, -0.2) is 9.97 Å². The van der Waals surface area contributed by atoms with Crippen molar-refractivity contribution in [3.8, 4) is 0 Å². The summed E-state index contributed by atoms with van der Waals surface area (Å²) < 4.78 is 0. The van der Waals surface area contributed by atoms with Gasteiger partial charge in [0, 0.05) is 41.8 Å². The summed E-state index contributed by atoms with van der Waals surface area (Å²) in [5, 5.41) is 5.09. The molecule has 0 aromatic carbocycles. The number of anilines is 1. The maximum Gasteiger partial charge on any atom is 0.138 e. The number of aromatic nitrogens is 3. The minimum Gasteiger partial charge on any atom is -0.367 e. The van der Waals surface area contributed by atoms with Crippen molar-refractivity contribution in [3.05, 3.63) is 46.9 Å². The number of nitrogens with zero attached hydrogens (tertiary/aromatic N) is 4. The van der Waals surface area contributed by atoms with E-state index in [-0.39, 0.29) is 0 Å². The zero-order chi connectivity index (χ0) is 19.6. The number of aryl methyl sites for hydroxylation is 2. The predicted octanol–water partition coefficient (Wildman–Crippen LogP) is 4.47. The third-order valence-corrected chi connectivity index (χ3v) is 7.81. The van der Waals surface area contributed by atoms with Gasteiger partial charge in [0.05, 0.1) is 5.39 Å². The van der Waals surface area contributed by atoms with Crippen LogP contribution in [-0.2, 0) is 19.3 Å². The number of rotatable bonds is 6. The maximum absolute atomic E-state index is 4.63. The van der Waals surface area contributed by atoms with Crippen LogP contribution in [0.15, 0.2) is 30.7 Å². The molecule has 2 aliphatic carbocycles. The average molecular weight is 408 g/mol. The summed E-state index contributed by atoms with van der Waals surface area (Å²) in [6.07, 6.45) is 13.2. The molecule has 3 aromatic rings. The lowest BCUT2D eigenvalue weighted by molar-refractivity contribution is 0.188. The van der Waals surface area contributed by atoms with Crippen LogP contribution in [0.2, 0.25) is 0 Å². The molecule has 0 radical (unpaired) electrons. The summed E-state index contributed by atoms with van der Waals surface area (Å²) in [5.74, 6) is 1.07. The zero-order valence-electron chi connectivity index (χ0n) is 17.1. The van der Waals surface area contributed by atoms with E-state index in [0.717, 1.165) is 23.6 Å². The molecular weight excluding hydrogens is 378 g/mol. The van der Waals surface area contributed by atoms with E-state index in [1.807, 2.05) is 23.6 Å². The largest absolute Gasteiger partial charge is 0.367 e. The molecule has 0 aliphatic heterocycles. The zero-order valence-corrected chi connectivity index (χ0v) is 17.9. The molecule has 0 atom stereocenters. The van der Waals surface area contributed by atoms with E-state index in [9.17, 15) is 0 Å². The van der Waals surface area contributed by atoms with Crippen LogP contribution in [0.3, 0.4) is 0 Å². The highest BCUT2D eigenvalue weighted by molar-refractivity contribution is 7.19. The van der Waals surface area contributed by atoms with Crippen LogP contribution in [-0.4, -0.2) is 45.5 Å². The SMILES string of the molecule is CN(CCc1ccccn1)[C@H]1CC[C@H](Nc2ncnc3sc4c(c23)CCC4)CC1. The minimum atomic E-state index is 0.519. The molecule has 0 bridgehead atoms. The lowest BCUT2D eigenvalue weighted by atomic mass is 9.90. The van der Waals surface area contributed by atoms with E-state index in [2.05, 4.69) is 44.3 Å². The Balaban J connectivity index is 1.18. The summed E-state index contributed by atoms with van der Waals surface area (Å²) in [6, 6.07) is 7.37. The van der Waals surface area contributed by atoms with Gasteiger partial charge in [0.1, 0.15) is 17.0 Å². The van der Waals surface area contributed by atoms with Crippen LogP contribution in [0.5, 0.6) is 0 Å². The number of hydrogen-bond acceptors (Lipinski definition) is 6. The number of fused-ring (bicyclic) bond motifs is 3. The van der Waals surface area contributed by atoms with Gasteiger partial charge >= 0.3 is 0 Å². The molecule has 1 saturated carbocycles. The predicted molar refractivity (Wildman–Crippen MR) is 120 cm³/mol. The molecule has 5 rings (SSSR count). The Morgan fingerprint density at radius 2 is 2.00 bits per heavy atom. The summed E-state index contributed by atoms with van der Waals surface area (Å²) in [5.41, 5.74) is 2.70. The second-order valence-corrected chi connectivity index (χ2v) is 9.54. The molecule has 0 spiro atoms. The van der Waals surface area contributed by atoms with Crippen LogP contribution in [0.1, 0.15) is 48.2 Å². The molecule has 29 heavy (non-hydrogen) atoms. The third-order valence-electron chi connectivity index (χ3n) is 6.61. The van der Waals surface area contributed by atoms with Gasteiger partial charge in [0.25, 0.3) is 0 Å². The van der Waals surface area contributed by atoms with Crippen LogP contribution in [0.25, 0.3) is 10.2 Å². The van der Waals surface area contributed by atoms with Crippen LogP contribution in [0, 0.1) is 0 Å². The minimum absolute atomic E-state index is 0.519. The number of likely N-dealkylation sites (N-methyl/N-ethyl adjacent to an activating group) is 1. The van der Waals surface area contributed by atoms with Gasteiger partial charge in [-0.1, -0.05) is 6.07 Å². The lowest BCUT2D eigenvalue weighted by Gasteiger charge is -2.35. The molecule has 3 heterocycles. The van der Waals surface area contributed by atoms with Crippen molar-refractivity contribution in [3.63, 3.8) is 0 Å². The van der Waals surface area contributed by atoms with Gasteiger partial charge in [0.15, 0.2) is 0 Å². The first-order valence-electron chi connectivity index (χ1n) is 10.9. The molecule has 0 saturated heterocycles. The quantitative estimate of drug-likeness (QED) is 0.653. The number of hydrogen-bond donors (Lipinski definition) is 1. The molecule has 2 aliphatic rings. The molecular formula is C23H29N5S. The molecule has 3 aromatic heterocycles. The van der Waals surface area contributed by atoms with Gasteiger partial charge in [-0.3, -0.25) is 4.98 Å². The standard InChI is InChI=1S/C23H29N5S/c1-28(14-12-16-5-2-3-13-24-16)18-10-8-17(9-11-18)27-22-21-19-6-4-7-20(19)29-23(21)26-15-25-22/h2-3,5,13,15,17-18H,4,6-12,14H2,1H3,(H,25,26,27)/t17-,18-. The lowest BCUT2D eigenvalue weighted by Crippen LogP contribution is -2.39. The first kappa shape index (κ1) is 18.9. The fourth-order valence-corrected chi connectivity index (χ4v) is 6.14. The number of pyridine rings is 1. The van der Waals surface area contributed by atoms with Gasteiger partial charge in [-0.15, -0.1) is 11.3 Å². The van der Waals surface area contributed by atoms with Gasteiger partial charge in [-0.2, -0.15) is 0 Å². The fraction of sp³-hybridized carbons (Fsp3) is 0.522. The van der Waals surface area contributed by atoms with Crippen molar-refractivity contribution in [2.24, 2.45) is 0 Å². The highest BCUT2D eigenvalue weighted by atomic mass is 32.1. The Kier molecular flexibility index (Phi) is 5.46. The summed E-state index contributed by atoms with van der Waals surface area (Å²) in [6.45, 7) is 1.08. The van der Waals surface area contributed by atoms with Gasteiger partial charge in [-0.05, 0) is 69.7 Å². The normalized spacial score (nSPS) is 21.6. The third kappa shape index (κ3) is 4.01. The van der Waals surface area contributed by atoms with E-state index in [4.69, 9.17) is 0 Å².